The van der Waals surface area contributed by atoms with Crippen LogP contribution in [0.25, 0.3) is 0 Å². The van der Waals surface area contributed by atoms with Crippen molar-refractivity contribution in [1.82, 2.24) is 10.3 Å². The Morgan fingerprint density at radius 1 is 1.10 bits per heavy atom. The van der Waals surface area contributed by atoms with E-state index in [0.29, 0.717) is 30.1 Å². The number of aromatic nitrogens is 1. The minimum Gasteiger partial charge on any atom is -0.486 e. The first-order chi connectivity index (χ1) is 14.2. The summed E-state index contributed by atoms with van der Waals surface area (Å²) in [6.07, 6.45) is 0.567. The normalized spacial score (nSPS) is 11.3. The fourth-order valence-corrected chi connectivity index (χ4v) is 4.16. The molecule has 1 aromatic heterocycles. The monoisotopic (exact) mass is 445 g/mol. The topological polar surface area (TPSA) is 111 Å². The highest BCUT2D eigenvalue weighted by atomic mass is 32.2. The van der Waals surface area contributed by atoms with Gasteiger partial charge in [-0.05, 0) is 50.1 Å². The number of nitrogens with two attached hydrogens (primary N) is 1. The number of ether oxygens (including phenoxy) is 1. The van der Waals surface area contributed by atoms with Gasteiger partial charge in [-0.3, -0.25) is 4.79 Å². The van der Waals surface area contributed by atoms with Gasteiger partial charge in [0.25, 0.3) is 5.91 Å². The van der Waals surface area contributed by atoms with Gasteiger partial charge < -0.3 is 10.1 Å². The van der Waals surface area contributed by atoms with Crippen LogP contribution in [0.3, 0.4) is 0 Å². The van der Waals surface area contributed by atoms with E-state index in [2.05, 4.69) is 10.3 Å². The van der Waals surface area contributed by atoms with Gasteiger partial charge in [0.15, 0.2) is 0 Å². The molecule has 0 atom stereocenters. The maximum atomic E-state index is 12.5. The number of thiazole rings is 1. The third-order valence-corrected chi connectivity index (χ3v) is 6.44. The fourth-order valence-electron chi connectivity index (χ4n) is 2.75. The van der Waals surface area contributed by atoms with E-state index >= 15 is 0 Å². The first kappa shape index (κ1) is 21.9. The lowest BCUT2D eigenvalue weighted by atomic mass is 10.1. The first-order valence-corrected chi connectivity index (χ1v) is 11.6. The molecule has 0 aliphatic heterocycles. The number of sulfonamides is 1. The third kappa shape index (κ3) is 5.88. The van der Waals surface area contributed by atoms with Crippen molar-refractivity contribution in [3.05, 3.63) is 75.2 Å². The van der Waals surface area contributed by atoms with Gasteiger partial charge in [0.05, 0.1) is 10.6 Å². The predicted octanol–water partition coefficient (Wildman–Crippen LogP) is 2.96. The van der Waals surface area contributed by atoms with Gasteiger partial charge >= 0.3 is 0 Å². The van der Waals surface area contributed by atoms with Crippen molar-refractivity contribution in [2.24, 2.45) is 5.14 Å². The number of benzene rings is 2. The van der Waals surface area contributed by atoms with Gasteiger partial charge in [-0.25, -0.2) is 18.5 Å². The summed E-state index contributed by atoms with van der Waals surface area (Å²) in [5.41, 5.74) is 2.72. The van der Waals surface area contributed by atoms with Crippen molar-refractivity contribution in [2.75, 3.05) is 6.54 Å². The van der Waals surface area contributed by atoms with Gasteiger partial charge in [0.2, 0.25) is 10.0 Å². The summed E-state index contributed by atoms with van der Waals surface area (Å²) in [6.45, 7) is 4.53. The van der Waals surface area contributed by atoms with Crippen molar-refractivity contribution in [2.45, 2.75) is 31.8 Å². The molecule has 0 spiro atoms. The highest BCUT2D eigenvalue weighted by Crippen LogP contribution is 2.20. The lowest BCUT2D eigenvalue weighted by Gasteiger charge is -2.05. The number of aryl methyl sites for hydroxylation is 2. The largest absolute Gasteiger partial charge is 0.486 e. The Balaban J connectivity index is 1.52. The second-order valence-electron chi connectivity index (χ2n) is 6.82. The number of nitrogens with zero attached hydrogens (tertiary/aromatic N) is 1. The van der Waals surface area contributed by atoms with Crippen molar-refractivity contribution in [1.29, 1.82) is 0 Å². The first-order valence-electron chi connectivity index (χ1n) is 9.28. The summed E-state index contributed by atoms with van der Waals surface area (Å²) in [5, 5.41) is 8.70. The predicted molar refractivity (Wildman–Crippen MR) is 116 cm³/mol. The molecule has 0 fully saturated rings. The van der Waals surface area contributed by atoms with Crippen molar-refractivity contribution < 1.29 is 17.9 Å². The molecule has 0 saturated heterocycles. The molecule has 0 aliphatic rings. The van der Waals surface area contributed by atoms with Crippen LogP contribution in [-0.4, -0.2) is 25.9 Å². The minimum atomic E-state index is -3.70. The molecule has 0 unspecified atom stereocenters. The molecule has 3 rings (SSSR count). The number of hydrogen-bond acceptors (Lipinski definition) is 6. The van der Waals surface area contributed by atoms with Gasteiger partial charge in [0.1, 0.15) is 22.2 Å². The quantitative estimate of drug-likeness (QED) is 0.554. The van der Waals surface area contributed by atoms with Crippen LogP contribution >= 0.6 is 11.3 Å². The average Bonchev–Trinajstić information content (AvgIpc) is 3.08. The number of rotatable bonds is 8. The van der Waals surface area contributed by atoms with Crippen LogP contribution in [0.4, 0.5) is 0 Å². The molecule has 0 saturated carbocycles. The Labute approximate surface area is 180 Å². The molecular weight excluding hydrogens is 422 g/mol. The lowest BCUT2D eigenvalue weighted by Crippen LogP contribution is -2.25. The summed E-state index contributed by atoms with van der Waals surface area (Å²) in [7, 11) is -3.70. The van der Waals surface area contributed by atoms with Gasteiger partial charge in [-0.2, -0.15) is 0 Å². The molecule has 0 aliphatic carbocycles. The Bertz CT molecular complexity index is 1120. The zero-order valence-electron chi connectivity index (χ0n) is 16.7. The highest BCUT2D eigenvalue weighted by molar-refractivity contribution is 7.89. The number of carbonyl (C=O) groups is 1. The second kappa shape index (κ2) is 9.38. The van der Waals surface area contributed by atoms with Crippen molar-refractivity contribution >= 4 is 27.3 Å². The molecule has 7 nitrogen and oxygen atoms in total. The number of primary sulfonamides is 1. The van der Waals surface area contributed by atoms with E-state index in [4.69, 9.17) is 9.88 Å². The van der Waals surface area contributed by atoms with Crippen LogP contribution < -0.4 is 15.2 Å². The van der Waals surface area contributed by atoms with E-state index in [-0.39, 0.29) is 10.8 Å². The van der Waals surface area contributed by atoms with E-state index in [0.717, 1.165) is 21.9 Å². The molecule has 1 amide bonds. The molecule has 158 valence electrons. The van der Waals surface area contributed by atoms with E-state index in [1.165, 1.54) is 23.5 Å². The Kier molecular flexibility index (Phi) is 6.86. The lowest BCUT2D eigenvalue weighted by molar-refractivity contribution is 0.0957. The third-order valence-electron chi connectivity index (χ3n) is 4.38. The van der Waals surface area contributed by atoms with Gasteiger partial charge in [-0.1, -0.05) is 29.8 Å². The number of carbonyl (C=O) groups excluding carboxylic acids is 1. The SMILES string of the molecule is Cc1ccc(OCc2nc(C)c(C(=O)NCCc3ccc(S(N)(=O)=O)cc3)s2)cc1. The van der Waals surface area contributed by atoms with Gasteiger partial charge in [0, 0.05) is 6.54 Å². The van der Waals surface area contributed by atoms with Crippen molar-refractivity contribution in [3.8, 4) is 5.75 Å². The highest BCUT2D eigenvalue weighted by Gasteiger charge is 2.15. The van der Waals surface area contributed by atoms with E-state index in [1.807, 2.05) is 31.2 Å². The summed E-state index contributed by atoms with van der Waals surface area (Å²) in [5.74, 6) is 0.570. The molecule has 30 heavy (non-hydrogen) atoms. The number of hydrogen-bond donors (Lipinski definition) is 2. The second-order valence-corrected chi connectivity index (χ2v) is 9.46. The van der Waals surface area contributed by atoms with Crippen LogP contribution in [-0.2, 0) is 23.1 Å². The minimum absolute atomic E-state index is 0.0657. The smallest absolute Gasteiger partial charge is 0.263 e. The Hall–Kier alpha value is -2.75. The van der Waals surface area contributed by atoms with Crippen LogP contribution in [0.5, 0.6) is 5.75 Å². The van der Waals surface area contributed by atoms with E-state index in [9.17, 15) is 13.2 Å². The number of nitrogens with one attached hydrogen (secondary N) is 1. The zero-order chi connectivity index (χ0) is 21.7. The Morgan fingerprint density at radius 2 is 1.77 bits per heavy atom. The standard InChI is InChI=1S/C21H23N3O4S2/c1-14-3-7-17(8-4-14)28-13-19-24-15(2)20(29-19)21(25)23-12-11-16-5-9-18(10-6-16)30(22,26)27/h3-10H,11-13H2,1-2H3,(H,23,25)(H2,22,26,27). The maximum Gasteiger partial charge on any atom is 0.263 e. The van der Waals surface area contributed by atoms with E-state index < -0.39 is 10.0 Å². The molecule has 0 radical (unpaired) electrons. The van der Waals surface area contributed by atoms with Crippen LogP contribution in [0.15, 0.2) is 53.4 Å². The molecule has 9 heteroatoms. The summed E-state index contributed by atoms with van der Waals surface area (Å²) >= 11 is 1.31. The van der Waals surface area contributed by atoms with E-state index in [1.54, 1.807) is 19.1 Å². The fraction of sp³-hybridized carbons (Fsp3) is 0.238. The summed E-state index contributed by atoms with van der Waals surface area (Å²) in [6, 6.07) is 14.0. The summed E-state index contributed by atoms with van der Waals surface area (Å²) in [4.78, 5) is 17.5. The zero-order valence-corrected chi connectivity index (χ0v) is 18.3. The van der Waals surface area contributed by atoms with Crippen LogP contribution in [0.2, 0.25) is 0 Å². The molecule has 3 N–H and O–H groups in total. The summed E-state index contributed by atoms with van der Waals surface area (Å²) < 4.78 is 28.3. The maximum absolute atomic E-state index is 12.5. The van der Waals surface area contributed by atoms with Gasteiger partial charge in [-0.15, -0.1) is 11.3 Å². The van der Waals surface area contributed by atoms with Crippen molar-refractivity contribution in [3.63, 3.8) is 0 Å². The Morgan fingerprint density at radius 3 is 2.40 bits per heavy atom. The number of amides is 1. The molecular formula is C21H23N3O4S2. The molecule has 3 aromatic rings. The van der Waals surface area contributed by atoms with Crippen LogP contribution in [0, 0.1) is 13.8 Å². The molecule has 2 aromatic carbocycles. The van der Waals surface area contributed by atoms with Crippen LogP contribution in [0.1, 0.15) is 31.5 Å². The molecule has 0 bridgehead atoms. The molecule has 1 heterocycles. The average molecular weight is 446 g/mol.